The lowest BCUT2D eigenvalue weighted by atomic mass is 10.1. The third-order valence-electron chi connectivity index (χ3n) is 6.04. The molecule has 1 atom stereocenters. The zero-order valence-corrected chi connectivity index (χ0v) is 20.0. The van der Waals surface area contributed by atoms with Crippen molar-refractivity contribution in [3.05, 3.63) is 77.7 Å². The largest absolute Gasteiger partial charge is 0.342 e. The maximum absolute atomic E-state index is 13.3. The van der Waals surface area contributed by atoms with Crippen molar-refractivity contribution in [3.8, 4) is 11.3 Å². The molecule has 0 spiro atoms. The first kappa shape index (κ1) is 23.2. The van der Waals surface area contributed by atoms with Crippen molar-refractivity contribution in [2.24, 2.45) is 0 Å². The van der Waals surface area contributed by atoms with Gasteiger partial charge in [-0.25, -0.2) is 4.98 Å². The van der Waals surface area contributed by atoms with Crippen molar-refractivity contribution in [2.45, 2.75) is 39.7 Å². The molecule has 1 N–H and O–H groups in total. The molecule has 3 aromatic rings. The van der Waals surface area contributed by atoms with E-state index in [4.69, 9.17) is 4.98 Å². The molecule has 0 aliphatic carbocycles. The van der Waals surface area contributed by atoms with Crippen LogP contribution in [0.1, 0.15) is 59.8 Å². The Morgan fingerprint density at radius 2 is 1.97 bits per heavy atom. The van der Waals surface area contributed by atoms with Gasteiger partial charge in [-0.1, -0.05) is 43.3 Å². The summed E-state index contributed by atoms with van der Waals surface area (Å²) in [6.45, 7) is 6.93. The lowest BCUT2D eigenvalue weighted by Crippen LogP contribution is -2.31. The number of nitrogens with one attached hydrogen (secondary N) is 1. The monoisotopic (exact) mass is 458 g/mol. The number of benzene rings is 1. The van der Waals surface area contributed by atoms with Crippen LogP contribution in [0.2, 0.25) is 0 Å². The summed E-state index contributed by atoms with van der Waals surface area (Å²) in [6, 6.07) is 10.1. The summed E-state index contributed by atoms with van der Waals surface area (Å²) in [5.74, 6) is 0.550. The highest BCUT2D eigenvalue weighted by atomic mass is 16.2. The van der Waals surface area contributed by atoms with Crippen LogP contribution in [-0.4, -0.2) is 49.6 Å². The molecule has 8 nitrogen and oxygen atoms in total. The minimum absolute atomic E-state index is 0.158. The standard InChI is InChI=1S/C26H30N6O2/c1-5-30(4)26(34)21-16-27-32(6-2)23(21)25(33)28-20-13-12-18(3)24-29-22(17-31(24)15-14-20)19-10-8-7-9-11-19/h7-11,13-18H,5-6,12H2,1-4H3,(H,28,33). The van der Waals surface area contributed by atoms with Gasteiger partial charge in [-0.3, -0.25) is 14.3 Å². The predicted molar refractivity (Wildman–Crippen MR) is 132 cm³/mol. The fourth-order valence-corrected chi connectivity index (χ4v) is 3.93. The molecule has 1 aromatic carbocycles. The molecule has 1 unspecified atom stereocenters. The van der Waals surface area contributed by atoms with Gasteiger partial charge in [-0.2, -0.15) is 5.10 Å². The Bertz CT molecular complexity index is 1250. The summed E-state index contributed by atoms with van der Waals surface area (Å²) in [4.78, 5) is 32.5. The van der Waals surface area contributed by atoms with Crippen LogP contribution in [0.25, 0.3) is 17.5 Å². The zero-order valence-electron chi connectivity index (χ0n) is 20.0. The maximum Gasteiger partial charge on any atom is 0.274 e. The third kappa shape index (κ3) is 4.57. The first-order valence-electron chi connectivity index (χ1n) is 11.6. The summed E-state index contributed by atoms with van der Waals surface area (Å²) in [5.41, 5.74) is 3.22. The van der Waals surface area contributed by atoms with Gasteiger partial charge in [0.25, 0.3) is 11.8 Å². The van der Waals surface area contributed by atoms with Gasteiger partial charge in [0.15, 0.2) is 0 Å². The molecular formula is C26H30N6O2. The second kappa shape index (κ2) is 9.91. The molecule has 0 saturated heterocycles. The quantitative estimate of drug-likeness (QED) is 0.601. The lowest BCUT2D eigenvalue weighted by molar-refractivity contribution is 0.0794. The summed E-state index contributed by atoms with van der Waals surface area (Å²) in [7, 11) is 1.71. The summed E-state index contributed by atoms with van der Waals surface area (Å²) < 4.78 is 3.57. The topological polar surface area (TPSA) is 85.1 Å². The lowest BCUT2D eigenvalue weighted by Gasteiger charge is -2.16. The predicted octanol–water partition coefficient (Wildman–Crippen LogP) is 4.15. The normalized spacial score (nSPS) is 15.2. The number of imidazole rings is 1. The van der Waals surface area contributed by atoms with E-state index in [1.54, 1.807) is 16.6 Å². The Morgan fingerprint density at radius 3 is 2.68 bits per heavy atom. The number of amides is 2. The number of hydrogen-bond acceptors (Lipinski definition) is 4. The summed E-state index contributed by atoms with van der Waals surface area (Å²) in [6.07, 6.45) is 9.95. The van der Waals surface area contributed by atoms with Crippen molar-refractivity contribution in [3.63, 3.8) is 0 Å². The van der Waals surface area contributed by atoms with E-state index in [0.717, 1.165) is 17.1 Å². The molecule has 2 aromatic heterocycles. The van der Waals surface area contributed by atoms with Gasteiger partial charge >= 0.3 is 0 Å². The van der Waals surface area contributed by atoms with Gasteiger partial charge < -0.3 is 14.8 Å². The molecule has 0 radical (unpaired) electrons. The molecule has 0 fully saturated rings. The number of carbonyl (C=O) groups excluding carboxylic acids is 2. The number of aromatic nitrogens is 4. The third-order valence-corrected chi connectivity index (χ3v) is 6.04. The van der Waals surface area contributed by atoms with Gasteiger partial charge in [0.05, 0.1) is 17.5 Å². The Morgan fingerprint density at radius 1 is 1.21 bits per heavy atom. The number of carbonyl (C=O) groups is 2. The minimum Gasteiger partial charge on any atom is -0.342 e. The molecule has 2 amide bonds. The van der Waals surface area contributed by atoms with Gasteiger partial charge in [0.1, 0.15) is 11.5 Å². The van der Waals surface area contributed by atoms with E-state index >= 15 is 0 Å². The molecule has 1 aliphatic rings. The molecule has 1 aliphatic heterocycles. The van der Waals surface area contributed by atoms with E-state index in [9.17, 15) is 9.59 Å². The molecule has 0 saturated carbocycles. The van der Waals surface area contributed by atoms with Crippen LogP contribution in [0, 0.1) is 0 Å². The fraction of sp³-hybridized carbons (Fsp3) is 0.308. The van der Waals surface area contributed by atoms with E-state index in [1.165, 1.54) is 6.20 Å². The number of nitrogens with zero attached hydrogens (tertiary/aromatic N) is 5. The van der Waals surface area contributed by atoms with Crippen LogP contribution in [0.3, 0.4) is 0 Å². The number of aryl methyl sites for hydroxylation is 1. The smallest absolute Gasteiger partial charge is 0.274 e. The van der Waals surface area contributed by atoms with E-state index in [0.29, 0.717) is 30.8 Å². The van der Waals surface area contributed by atoms with Crippen LogP contribution in [0.4, 0.5) is 0 Å². The fourth-order valence-electron chi connectivity index (χ4n) is 3.93. The second-order valence-electron chi connectivity index (χ2n) is 8.37. The van der Waals surface area contributed by atoms with Gasteiger partial charge in [0, 0.05) is 49.7 Å². The van der Waals surface area contributed by atoms with Crippen molar-refractivity contribution < 1.29 is 9.59 Å². The van der Waals surface area contributed by atoms with E-state index in [-0.39, 0.29) is 23.4 Å². The summed E-state index contributed by atoms with van der Waals surface area (Å²) >= 11 is 0. The average molecular weight is 459 g/mol. The second-order valence-corrected chi connectivity index (χ2v) is 8.37. The number of hydrogen-bond donors (Lipinski definition) is 1. The van der Waals surface area contributed by atoms with Crippen molar-refractivity contribution in [2.75, 3.05) is 13.6 Å². The zero-order chi connectivity index (χ0) is 24.2. The van der Waals surface area contributed by atoms with Gasteiger partial charge in [-0.05, 0) is 26.3 Å². The number of allylic oxidation sites excluding steroid dienone is 2. The van der Waals surface area contributed by atoms with Crippen LogP contribution < -0.4 is 5.32 Å². The molecule has 8 heteroatoms. The first-order valence-corrected chi connectivity index (χ1v) is 11.6. The number of fused-ring (bicyclic) bond motifs is 1. The van der Waals surface area contributed by atoms with Gasteiger partial charge in [-0.15, -0.1) is 0 Å². The van der Waals surface area contributed by atoms with Crippen molar-refractivity contribution in [1.29, 1.82) is 0 Å². The Labute approximate surface area is 199 Å². The van der Waals surface area contributed by atoms with Crippen LogP contribution >= 0.6 is 0 Å². The Balaban J connectivity index is 1.60. The Hall–Kier alpha value is -3.94. The van der Waals surface area contributed by atoms with Crippen LogP contribution in [-0.2, 0) is 6.54 Å². The van der Waals surface area contributed by atoms with Gasteiger partial charge in [0.2, 0.25) is 0 Å². The highest BCUT2D eigenvalue weighted by Gasteiger charge is 2.25. The molecule has 34 heavy (non-hydrogen) atoms. The van der Waals surface area contributed by atoms with E-state index in [1.807, 2.05) is 73.3 Å². The summed E-state index contributed by atoms with van der Waals surface area (Å²) in [5, 5.41) is 7.23. The van der Waals surface area contributed by atoms with Crippen molar-refractivity contribution in [1.82, 2.24) is 29.5 Å². The molecule has 4 rings (SSSR count). The highest BCUT2D eigenvalue weighted by molar-refractivity contribution is 6.06. The van der Waals surface area contributed by atoms with Crippen LogP contribution in [0.15, 0.2) is 60.6 Å². The van der Waals surface area contributed by atoms with Crippen LogP contribution in [0.5, 0.6) is 0 Å². The van der Waals surface area contributed by atoms with E-state index in [2.05, 4.69) is 17.3 Å². The number of rotatable bonds is 6. The highest BCUT2D eigenvalue weighted by Crippen LogP contribution is 2.27. The molecule has 176 valence electrons. The minimum atomic E-state index is -0.354. The Kier molecular flexibility index (Phi) is 6.77. The van der Waals surface area contributed by atoms with Crippen molar-refractivity contribution >= 4 is 18.0 Å². The first-order chi connectivity index (χ1) is 16.4. The van der Waals surface area contributed by atoms with E-state index < -0.39 is 0 Å². The SMILES string of the molecule is CCN(C)C(=O)c1cnn(CC)c1C(=O)NC1=CCC(C)c2nc(-c3ccccc3)cn2C=C1. The average Bonchev–Trinajstić information content (AvgIpc) is 3.48. The molecule has 3 heterocycles. The maximum atomic E-state index is 13.3. The molecular weight excluding hydrogens is 428 g/mol. The molecule has 0 bridgehead atoms.